The molecule has 0 aliphatic heterocycles. The molecule has 6 rings (SSSR count). The van der Waals surface area contributed by atoms with E-state index in [2.05, 4.69) is 0 Å². The lowest BCUT2D eigenvalue weighted by molar-refractivity contribution is 0.0647. The van der Waals surface area contributed by atoms with Crippen molar-refractivity contribution in [2.75, 3.05) is 26.4 Å². The summed E-state index contributed by atoms with van der Waals surface area (Å²) in [4.78, 5) is 74.3. The maximum atomic E-state index is 12.4. The molecular weight excluding hydrogens is 921 g/mol. The van der Waals surface area contributed by atoms with Crippen LogP contribution < -0.4 is 18.9 Å². The summed E-state index contributed by atoms with van der Waals surface area (Å²) < 4.78 is 23.5. The summed E-state index contributed by atoms with van der Waals surface area (Å²) in [5.41, 5.74) is 0.655. The molecule has 0 heterocycles. The first kappa shape index (κ1) is 52.6. The monoisotopic (exact) mass is 974 g/mol. The van der Waals surface area contributed by atoms with Gasteiger partial charge >= 0.3 is 23.9 Å². The quantitative estimate of drug-likeness (QED) is 0.0195. The van der Waals surface area contributed by atoms with Crippen LogP contribution in [0.15, 0.2) is 146 Å². The predicted octanol–water partition coefficient (Wildman–Crippen LogP) is 12.0. The highest BCUT2D eigenvalue weighted by atomic mass is 16.5. The molecular formula is C58H54O14. The fourth-order valence-electron chi connectivity index (χ4n) is 7.52. The van der Waals surface area contributed by atoms with Crippen LogP contribution in [0.5, 0.6) is 23.0 Å². The molecule has 0 unspecified atom stereocenters. The van der Waals surface area contributed by atoms with Crippen LogP contribution in [0.1, 0.15) is 125 Å². The van der Waals surface area contributed by atoms with Gasteiger partial charge in [0.2, 0.25) is 0 Å². The van der Waals surface area contributed by atoms with Gasteiger partial charge in [-0.05, 0) is 134 Å². The summed E-state index contributed by atoms with van der Waals surface area (Å²) in [6.45, 7) is 0.952. The Labute approximate surface area is 416 Å². The first-order valence-electron chi connectivity index (χ1n) is 23.4. The number of carbonyl (C=O) groups excluding carboxylic acids is 2. The first-order valence-corrected chi connectivity index (χ1v) is 23.4. The highest BCUT2D eigenvalue weighted by Gasteiger charge is 2.27. The van der Waals surface area contributed by atoms with E-state index in [1.807, 2.05) is 84.9 Å². The molecule has 0 fully saturated rings. The van der Waals surface area contributed by atoms with Gasteiger partial charge in [-0.1, -0.05) is 97.1 Å². The predicted molar refractivity (Wildman–Crippen MR) is 271 cm³/mol. The SMILES string of the molecule is O=C(C=Cc1ccc(OCCCCCCOc2cc(-c3cc(OCCCCCCOc4ccc(C=CC(=O)c5ccccc5)cc4)c(C(=O)O)c(C(=O)O)c3)cc(C(=O)O)c2C(=O)O)cc1)c1ccccc1. The maximum Gasteiger partial charge on any atom is 0.340 e. The van der Waals surface area contributed by atoms with Crippen molar-refractivity contribution in [3.8, 4) is 34.1 Å². The Morgan fingerprint density at radius 1 is 0.375 bits per heavy atom. The molecule has 0 saturated heterocycles. The van der Waals surface area contributed by atoms with E-state index in [4.69, 9.17) is 18.9 Å². The number of aromatic carboxylic acids is 4. The molecule has 14 heteroatoms. The number of allylic oxidation sites excluding steroid dienone is 2. The Morgan fingerprint density at radius 2 is 0.708 bits per heavy atom. The lowest BCUT2D eigenvalue weighted by Gasteiger charge is -2.17. The highest BCUT2D eigenvalue weighted by Crippen LogP contribution is 2.36. The van der Waals surface area contributed by atoms with Gasteiger partial charge < -0.3 is 39.4 Å². The Morgan fingerprint density at radius 3 is 1.03 bits per heavy atom. The molecule has 0 saturated carbocycles. The molecule has 0 aromatic heterocycles. The Bertz CT molecular complexity index is 2690. The van der Waals surface area contributed by atoms with E-state index in [1.54, 1.807) is 36.4 Å². The fourth-order valence-corrected chi connectivity index (χ4v) is 7.52. The number of ether oxygens (including phenoxy) is 4. The second-order valence-corrected chi connectivity index (χ2v) is 16.5. The zero-order chi connectivity index (χ0) is 51.2. The molecule has 6 aromatic rings. The number of carboxylic acid groups (broad SMARTS) is 4. The molecule has 0 radical (unpaired) electrons. The van der Waals surface area contributed by atoms with Crippen LogP contribution in [0, 0.1) is 0 Å². The average molecular weight is 975 g/mol. The van der Waals surface area contributed by atoms with Crippen molar-refractivity contribution in [3.63, 3.8) is 0 Å². The topological polar surface area (TPSA) is 220 Å². The van der Waals surface area contributed by atoms with Gasteiger partial charge in [0.25, 0.3) is 0 Å². The first-order chi connectivity index (χ1) is 34.9. The van der Waals surface area contributed by atoms with E-state index in [-0.39, 0.29) is 47.4 Å². The molecule has 72 heavy (non-hydrogen) atoms. The van der Waals surface area contributed by atoms with Gasteiger partial charge in [-0.2, -0.15) is 0 Å². The van der Waals surface area contributed by atoms with Crippen molar-refractivity contribution in [2.24, 2.45) is 0 Å². The molecule has 0 aliphatic carbocycles. The van der Waals surface area contributed by atoms with Gasteiger partial charge in [0.05, 0.1) is 37.6 Å². The van der Waals surface area contributed by atoms with Crippen LogP contribution in [0.3, 0.4) is 0 Å². The minimum atomic E-state index is -1.56. The summed E-state index contributed by atoms with van der Waals surface area (Å²) in [5.74, 6) is -5.57. The minimum Gasteiger partial charge on any atom is -0.494 e. The minimum absolute atomic E-state index is 0.0368. The fraction of sp³-hybridized carbons (Fsp3) is 0.207. The van der Waals surface area contributed by atoms with Crippen LogP contribution in [-0.2, 0) is 0 Å². The van der Waals surface area contributed by atoms with Gasteiger partial charge in [-0.3, -0.25) is 9.59 Å². The molecule has 0 amide bonds. The number of hydrogen-bond acceptors (Lipinski definition) is 10. The lowest BCUT2D eigenvalue weighted by atomic mass is 9.94. The number of hydrogen-bond donors (Lipinski definition) is 4. The summed E-state index contributed by atoms with van der Waals surface area (Å²) in [5, 5.41) is 40.3. The van der Waals surface area contributed by atoms with Crippen molar-refractivity contribution < 1.29 is 68.1 Å². The summed E-state index contributed by atoms with van der Waals surface area (Å²) in [6.07, 6.45) is 11.8. The van der Waals surface area contributed by atoms with E-state index in [0.29, 0.717) is 74.4 Å². The van der Waals surface area contributed by atoms with E-state index in [0.717, 1.165) is 36.1 Å². The molecule has 370 valence electrons. The van der Waals surface area contributed by atoms with E-state index >= 15 is 0 Å². The summed E-state index contributed by atoms with van der Waals surface area (Å²) in [7, 11) is 0. The Kier molecular flexibility index (Phi) is 19.6. The number of ketones is 2. The van der Waals surface area contributed by atoms with Gasteiger partial charge in [0.15, 0.2) is 11.6 Å². The molecule has 0 atom stereocenters. The average Bonchev–Trinajstić information content (AvgIpc) is 3.39. The van der Waals surface area contributed by atoms with Crippen molar-refractivity contribution >= 4 is 47.6 Å². The van der Waals surface area contributed by atoms with E-state index in [9.17, 15) is 49.2 Å². The second kappa shape index (κ2) is 26.8. The number of carbonyl (C=O) groups is 6. The summed E-state index contributed by atoms with van der Waals surface area (Å²) >= 11 is 0. The Hall–Kier alpha value is -8.78. The number of carboxylic acids is 4. The molecule has 0 spiro atoms. The zero-order valence-corrected chi connectivity index (χ0v) is 39.4. The molecule has 14 nitrogen and oxygen atoms in total. The normalized spacial score (nSPS) is 11.1. The third kappa shape index (κ3) is 15.6. The number of benzene rings is 6. The molecule has 4 N–H and O–H groups in total. The third-order valence-corrected chi connectivity index (χ3v) is 11.3. The van der Waals surface area contributed by atoms with E-state index < -0.39 is 46.1 Å². The molecule has 6 aromatic carbocycles. The van der Waals surface area contributed by atoms with Crippen molar-refractivity contribution in [3.05, 3.63) is 190 Å². The van der Waals surface area contributed by atoms with Crippen LogP contribution in [0.25, 0.3) is 23.3 Å². The number of unbranched alkanes of at least 4 members (excludes halogenated alkanes) is 6. The van der Waals surface area contributed by atoms with Crippen LogP contribution in [0.2, 0.25) is 0 Å². The van der Waals surface area contributed by atoms with Gasteiger partial charge in [-0.15, -0.1) is 0 Å². The highest BCUT2D eigenvalue weighted by molar-refractivity contribution is 6.08. The third-order valence-electron chi connectivity index (χ3n) is 11.3. The van der Waals surface area contributed by atoms with Crippen LogP contribution in [0.4, 0.5) is 0 Å². The van der Waals surface area contributed by atoms with Crippen molar-refractivity contribution in [2.45, 2.75) is 51.4 Å². The maximum absolute atomic E-state index is 12.4. The van der Waals surface area contributed by atoms with E-state index in [1.165, 1.54) is 24.3 Å². The van der Waals surface area contributed by atoms with Crippen molar-refractivity contribution in [1.29, 1.82) is 0 Å². The number of rotatable bonds is 29. The molecule has 0 aliphatic rings. The molecule has 0 bridgehead atoms. The Balaban J connectivity index is 0.990. The van der Waals surface area contributed by atoms with Gasteiger partial charge in [0.1, 0.15) is 34.1 Å². The van der Waals surface area contributed by atoms with Gasteiger partial charge in [-0.25, -0.2) is 19.2 Å². The zero-order valence-electron chi connectivity index (χ0n) is 39.4. The summed E-state index contributed by atoms with van der Waals surface area (Å²) in [6, 6.07) is 37.4. The van der Waals surface area contributed by atoms with Crippen LogP contribution >= 0.6 is 0 Å². The van der Waals surface area contributed by atoms with Crippen molar-refractivity contribution in [1.82, 2.24) is 0 Å². The largest absolute Gasteiger partial charge is 0.494 e. The standard InChI is InChI=1S/C58H54O14/c59-49(41-15-7-5-8-16-41)29-23-39-19-25-45(26-20-39)69-31-11-1-3-13-33-71-51-37-43(35-47(55(61)62)53(51)57(65)66)44-36-48(56(63)64)54(58(67)68)52(38-44)72-34-14-4-2-12-32-70-46-27-21-40(22-28-46)24-30-50(60)42-17-9-6-10-18-42/h5-10,15-30,35-38H,1-4,11-14,31-34H2,(H,61,62)(H,63,64)(H,65,66)(H,67,68). The lowest BCUT2D eigenvalue weighted by Crippen LogP contribution is -2.13. The second-order valence-electron chi connectivity index (χ2n) is 16.5. The van der Waals surface area contributed by atoms with Gasteiger partial charge in [0, 0.05) is 11.1 Å². The van der Waals surface area contributed by atoms with Crippen LogP contribution in [-0.4, -0.2) is 82.3 Å². The smallest absolute Gasteiger partial charge is 0.340 e.